The van der Waals surface area contributed by atoms with Crippen LogP contribution in [0.5, 0.6) is 0 Å². The molecule has 2 aromatic rings. The average molecular weight is 325 g/mol. The van der Waals surface area contributed by atoms with Crippen molar-refractivity contribution in [2.75, 3.05) is 22.9 Å². The summed E-state index contributed by atoms with van der Waals surface area (Å²) in [5.74, 6) is 0.397. The van der Waals surface area contributed by atoms with Gasteiger partial charge in [0.05, 0.1) is 11.9 Å². The fourth-order valence-electron chi connectivity index (χ4n) is 2.53. The minimum absolute atomic E-state index is 0.0219. The van der Waals surface area contributed by atoms with E-state index in [1.807, 2.05) is 29.2 Å². The Morgan fingerprint density at radius 1 is 1.43 bits per heavy atom. The molecule has 0 radical (unpaired) electrons. The van der Waals surface area contributed by atoms with E-state index in [1.54, 1.807) is 0 Å². The minimum atomic E-state index is 0.0219. The Hall–Kier alpha value is -2.59. The summed E-state index contributed by atoms with van der Waals surface area (Å²) in [6, 6.07) is 9.90. The lowest BCUT2D eigenvalue weighted by Crippen LogP contribution is -2.36. The van der Waals surface area contributed by atoms with Crippen LogP contribution in [0.4, 0.5) is 11.5 Å². The number of thioether (sulfide) groups is 1. The monoisotopic (exact) mass is 325 g/mol. The lowest BCUT2D eigenvalue weighted by Gasteiger charge is -2.29. The fraction of sp³-hybridized carbons (Fsp3) is 0.250. The smallest absolute Gasteiger partial charge is 0.237 e. The third-order valence-electron chi connectivity index (χ3n) is 3.65. The third kappa shape index (κ3) is 3.27. The van der Waals surface area contributed by atoms with Crippen LogP contribution < -0.4 is 10.6 Å². The van der Waals surface area contributed by atoms with Gasteiger partial charge in [0.2, 0.25) is 5.91 Å². The van der Waals surface area contributed by atoms with Gasteiger partial charge in [-0.25, -0.2) is 9.97 Å². The Morgan fingerprint density at radius 2 is 2.26 bits per heavy atom. The van der Waals surface area contributed by atoms with Gasteiger partial charge in [-0.15, -0.1) is 0 Å². The molecular weight excluding hydrogens is 310 g/mol. The molecule has 3 rings (SSSR count). The standard InChI is InChI=1S/C16H15N5OS/c17-8-12-9-19-16(20-15(12)18)23-10-14(22)21-7-3-5-11-4-1-2-6-13(11)21/h1-2,4,6,9H,3,5,7,10H2,(H2,18,19,20). The van der Waals surface area contributed by atoms with Gasteiger partial charge in [-0.05, 0) is 24.5 Å². The third-order valence-corrected chi connectivity index (χ3v) is 4.50. The van der Waals surface area contributed by atoms with Crippen molar-refractivity contribution in [3.8, 4) is 6.07 Å². The van der Waals surface area contributed by atoms with Crippen LogP contribution in [0.3, 0.4) is 0 Å². The van der Waals surface area contributed by atoms with Crippen molar-refractivity contribution in [1.82, 2.24) is 9.97 Å². The molecule has 0 bridgehead atoms. The number of para-hydroxylation sites is 1. The highest BCUT2D eigenvalue weighted by Gasteiger charge is 2.22. The Bertz CT molecular complexity index is 786. The first kappa shape index (κ1) is 15.3. The Labute approximate surface area is 138 Å². The van der Waals surface area contributed by atoms with E-state index in [9.17, 15) is 4.79 Å². The molecule has 116 valence electrons. The number of benzene rings is 1. The molecule has 0 saturated heterocycles. The van der Waals surface area contributed by atoms with Gasteiger partial charge in [0, 0.05) is 12.2 Å². The largest absolute Gasteiger partial charge is 0.382 e. The van der Waals surface area contributed by atoms with Crippen molar-refractivity contribution < 1.29 is 4.79 Å². The zero-order chi connectivity index (χ0) is 16.2. The van der Waals surface area contributed by atoms with Crippen LogP contribution in [-0.4, -0.2) is 28.2 Å². The van der Waals surface area contributed by atoms with Crippen LogP contribution in [0.25, 0.3) is 0 Å². The highest BCUT2D eigenvalue weighted by molar-refractivity contribution is 7.99. The van der Waals surface area contributed by atoms with Crippen LogP contribution in [0.2, 0.25) is 0 Å². The number of nitriles is 1. The highest BCUT2D eigenvalue weighted by Crippen LogP contribution is 2.27. The first-order chi connectivity index (χ1) is 11.2. The number of hydrogen-bond donors (Lipinski definition) is 1. The van der Waals surface area contributed by atoms with Gasteiger partial charge in [0.1, 0.15) is 17.5 Å². The Morgan fingerprint density at radius 3 is 3.04 bits per heavy atom. The van der Waals surface area contributed by atoms with Crippen LogP contribution in [-0.2, 0) is 11.2 Å². The first-order valence-electron chi connectivity index (χ1n) is 7.22. The van der Waals surface area contributed by atoms with Gasteiger partial charge in [0.15, 0.2) is 5.16 Å². The maximum Gasteiger partial charge on any atom is 0.237 e. The number of fused-ring (bicyclic) bond motifs is 1. The van der Waals surface area contributed by atoms with Gasteiger partial charge >= 0.3 is 0 Å². The quantitative estimate of drug-likeness (QED) is 0.685. The van der Waals surface area contributed by atoms with E-state index < -0.39 is 0 Å². The van der Waals surface area contributed by atoms with Crippen molar-refractivity contribution in [1.29, 1.82) is 5.26 Å². The molecule has 1 aromatic carbocycles. The molecule has 7 heteroatoms. The predicted octanol–water partition coefficient (Wildman–Crippen LogP) is 2.00. The number of aryl methyl sites for hydroxylation is 1. The summed E-state index contributed by atoms with van der Waals surface area (Å²) < 4.78 is 0. The molecule has 1 aromatic heterocycles. The summed E-state index contributed by atoms with van der Waals surface area (Å²) in [6.07, 6.45) is 3.35. The second-order valence-corrected chi connectivity index (χ2v) is 6.07. The lowest BCUT2D eigenvalue weighted by molar-refractivity contribution is -0.116. The van der Waals surface area contributed by atoms with E-state index in [0.29, 0.717) is 5.16 Å². The summed E-state index contributed by atoms with van der Waals surface area (Å²) in [5, 5.41) is 9.22. The SMILES string of the molecule is N#Cc1cnc(SCC(=O)N2CCCc3ccccc32)nc1N. The van der Waals surface area contributed by atoms with Crippen molar-refractivity contribution in [3.63, 3.8) is 0 Å². The van der Waals surface area contributed by atoms with Crippen molar-refractivity contribution in [3.05, 3.63) is 41.6 Å². The van der Waals surface area contributed by atoms with Crippen molar-refractivity contribution in [2.24, 2.45) is 0 Å². The topological polar surface area (TPSA) is 95.9 Å². The van der Waals surface area contributed by atoms with E-state index in [0.717, 1.165) is 25.1 Å². The number of nitrogens with zero attached hydrogens (tertiary/aromatic N) is 4. The number of nitrogens with two attached hydrogens (primary N) is 1. The molecule has 6 nitrogen and oxygen atoms in total. The van der Waals surface area contributed by atoms with E-state index in [2.05, 4.69) is 16.0 Å². The number of rotatable bonds is 3. The summed E-state index contributed by atoms with van der Waals surface area (Å²) >= 11 is 1.23. The molecule has 0 atom stereocenters. The Balaban J connectivity index is 1.69. The second-order valence-electron chi connectivity index (χ2n) is 5.13. The average Bonchev–Trinajstić information content (AvgIpc) is 2.59. The second kappa shape index (κ2) is 6.67. The van der Waals surface area contributed by atoms with Crippen LogP contribution in [0.15, 0.2) is 35.6 Å². The minimum Gasteiger partial charge on any atom is -0.382 e. The maximum atomic E-state index is 12.5. The summed E-state index contributed by atoms with van der Waals surface area (Å²) in [6.45, 7) is 0.729. The van der Waals surface area contributed by atoms with Crippen molar-refractivity contribution in [2.45, 2.75) is 18.0 Å². The van der Waals surface area contributed by atoms with Gasteiger partial charge in [-0.2, -0.15) is 5.26 Å². The lowest BCUT2D eigenvalue weighted by atomic mass is 10.0. The van der Waals surface area contributed by atoms with Gasteiger partial charge in [-0.1, -0.05) is 30.0 Å². The maximum absolute atomic E-state index is 12.5. The van der Waals surface area contributed by atoms with Crippen LogP contribution in [0.1, 0.15) is 17.5 Å². The van der Waals surface area contributed by atoms with Crippen LogP contribution >= 0.6 is 11.8 Å². The van der Waals surface area contributed by atoms with Crippen molar-refractivity contribution >= 4 is 29.2 Å². The van der Waals surface area contributed by atoms with E-state index in [-0.39, 0.29) is 23.0 Å². The van der Waals surface area contributed by atoms with Crippen LogP contribution in [0, 0.1) is 11.3 Å². The number of amides is 1. The molecule has 1 aliphatic rings. The summed E-state index contributed by atoms with van der Waals surface area (Å²) in [5.41, 5.74) is 8.10. The van der Waals surface area contributed by atoms with E-state index >= 15 is 0 Å². The molecule has 0 saturated carbocycles. The normalized spacial score (nSPS) is 13.3. The number of hydrogen-bond acceptors (Lipinski definition) is 6. The predicted molar refractivity (Wildman–Crippen MR) is 89.0 cm³/mol. The summed E-state index contributed by atoms with van der Waals surface area (Å²) in [7, 11) is 0. The Kier molecular flexibility index (Phi) is 4.44. The number of carbonyl (C=O) groups excluding carboxylic acids is 1. The number of carbonyl (C=O) groups is 1. The molecule has 0 spiro atoms. The molecule has 1 aliphatic heterocycles. The molecule has 0 fully saturated rings. The fourth-order valence-corrected chi connectivity index (χ4v) is 3.23. The van der Waals surface area contributed by atoms with E-state index in [4.69, 9.17) is 11.0 Å². The van der Waals surface area contributed by atoms with Gasteiger partial charge in [0.25, 0.3) is 0 Å². The van der Waals surface area contributed by atoms with Gasteiger partial charge in [-0.3, -0.25) is 4.79 Å². The molecule has 2 N–H and O–H groups in total. The molecule has 23 heavy (non-hydrogen) atoms. The molecular formula is C16H15N5OS. The van der Waals surface area contributed by atoms with E-state index in [1.165, 1.54) is 23.5 Å². The zero-order valence-electron chi connectivity index (χ0n) is 12.4. The highest BCUT2D eigenvalue weighted by atomic mass is 32.2. The number of nitrogen functional groups attached to an aromatic ring is 1. The zero-order valence-corrected chi connectivity index (χ0v) is 13.2. The summed E-state index contributed by atoms with van der Waals surface area (Å²) in [4.78, 5) is 22.4. The number of anilines is 2. The molecule has 2 heterocycles. The van der Waals surface area contributed by atoms with Gasteiger partial charge < -0.3 is 10.6 Å². The number of aromatic nitrogens is 2. The first-order valence-corrected chi connectivity index (χ1v) is 8.21. The molecule has 1 amide bonds. The molecule has 0 aliphatic carbocycles. The molecule has 0 unspecified atom stereocenters.